The molecule has 2 atom stereocenters. The highest BCUT2D eigenvalue weighted by Gasteiger charge is 2.45. The molecule has 2 saturated heterocycles. The van der Waals surface area contributed by atoms with E-state index in [1.165, 1.54) is 0 Å². The van der Waals surface area contributed by atoms with Crippen LogP contribution in [0.4, 0.5) is 10.5 Å². The van der Waals surface area contributed by atoms with Gasteiger partial charge in [0.2, 0.25) is 5.79 Å². The molecule has 13 heteroatoms. The average molecular weight is 619 g/mol. The number of hydrogen-bond acceptors (Lipinski definition) is 8. The first kappa shape index (κ1) is 30.0. The van der Waals surface area contributed by atoms with Crippen LogP contribution in [0.2, 0.25) is 10.0 Å². The number of piperazine rings is 1. The first-order valence-corrected chi connectivity index (χ1v) is 14.5. The number of carbonyl (C=O) groups excluding carboxylic acids is 2. The minimum Gasteiger partial charge on any atom is -0.491 e. The van der Waals surface area contributed by atoms with E-state index in [1.807, 2.05) is 41.1 Å². The number of esters is 1. The van der Waals surface area contributed by atoms with Gasteiger partial charge in [-0.05, 0) is 43.3 Å². The number of halogens is 2. The Morgan fingerprint density at radius 1 is 1.12 bits per heavy atom. The molecule has 2 aromatic carbocycles. The molecule has 224 valence electrons. The molecule has 0 unspecified atom stereocenters. The van der Waals surface area contributed by atoms with Gasteiger partial charge in [0, 0.05) is 54.8 Å². The second kappa shape index (κ2) is 13.6. The molecule has 0 aliphatic carbocycles. The summed E-state index contributed by atoms with van der Waals surface area (Å²) in [5, 5.41) is 3.59. The van der Waals surface area contributed by atoms with Gasteiger partial charge in [0.15, 0.2) is 0 Å². The van der Waals surface area contributed by atoms with Gasteiger partial charge in [-0.25, -0.2) is 9.78 Å². The Hall–Kier alpha value is -3.51. The molecule has 0 bridgehead atoms. The summed E-state index contributed by atoms with van der Waals surface area (Å²) in [5.41, 5.74) is 1.72. The van der Waals surface area contributed by atoms with Gasteiger partial charge < -0.3 is 38.6 Å². The van der Waals surface area contributed by atoms with Crippen molar-refractivity contribution in [3.8, 4) is 5.75 Å². The van der Waals surface area contributed by atoms with Gasteiger partial charge in [0.1, 0.15) is 25.0 Å². The Morgan fingerprint density at radius 2 is 1.90 bits per heavy atom. The SMILES string of the molecule is CCOC(=O)CNC(=O)N1CCN(c2ccc(OC[C@@H]3CO[C@@](Cn4ccnc4)(c4ccc(Cl)cc4Cl)O3)cc2)CC1. The van der Waals surface area contributed by atoms with Crippen LogP contribution in [0.15, 0.2) is 61.2 Å². The van der Waals surface area contributed by atoms with Crippen LogP contribution >= 0.6 is 23.2 Å². The van der Waals surface area contributed by atoms with E-state index in [2.05, 4.69) is 15.2 Å². The van der Waals surface area contributed by atoms with Crippen LogP contribution in [0.1, 0.15) is 12.5 Å². The monoisotopic (exact) mass is 617 g/mol. The third kappa shape index (κ3) is 7.27. The van der Waals surface area contributed by atoms with Crippen molar-refractivity contribution in [2.75, 3.05) is 57.4 Å². The predicted molar refractivity (Wildman–Crippen MR) is 157 cm³/mol. The van der Waals surface area contributed by atoms with Gasteiger partial charge >= 0.3 is 12.0 Å². The minimum atomic E-state index is -1.11. The lowest BCUT2D eigenvalue weighted by atomic mass is 10.1. The maximum absolute atomic E-state index is 12.3. The van der Waals surface area contributed by atoms with Crippen molar-refractivity contribution in [1.29, 1.82) is 0 Å². The molecule has 3 heterocycles. The highest BCUT2D eigenvalue weighted by atomic mass is 35.5. The highest BCUT2D eigenvalue weighted by molar-refractivity contribution is 6.35. The second-order valence-corrected chi connectivity index (χ2v) is 10.7. The van der Waals surface area contributed by atoms with Crippen LogP contribution in [0, 0.1) is 0 Å². The topological polar surface area (TPSA) is 107 Å². The van der Waals surface area contributed by atoms with E-state index in [0.29, 0.717) is 60.7 Å². The van der Waals surface area contributed by atoms with Crippen LogP contribution in [0.25, 0.3) is 0 Å². The molecule has 11 nitrogen and oxygen atoms in total. The van der Waals surface area contributed by atoms with Gasteiger partial charge in [-0.1, -0.05) is 29.3 Å². The second-order valence-electron chi connectivity index (χ2n) is 9.91. The number of hydrogen-bond donors (Lipinski definition) is 1. The van der Waals surface area contributed by atoms with Crippen molar-refractivity contribution < 1.29 is 28.5 Å². The van der Waals surface area contributed by atoms with E-state index in [-0.39, 0.29) is 31.9 Å². The molecule has 2 amide bonds. The van der Waals surface area contributed by atoms with Crippen LogP contribution in [-0.4, -0.2) is 85.1 Å². The summed E-state index contributed by atoms with van der Waals surface area (Å²) in [6.07, 6.45) is 4.90. The fourth-order valence-corrected chi connectivity index (χ4v) is 5.51. The summed E-state index contributed by atoms with van der Waals surface area (Å²) < 4.78 is 25.5. The van der Waals surface area contributed by atoms with E-state index in [1.54, 1.807) is 36.5 Å². The zero-order valence-electron chi connectivity index (χ0n) is 23.2. The number of aromatic nitrogens is 2. The van der Waals surface area contributed by atoms with Crippen molar-refractivity contribution in [2.45, 2.75) is 25.4 Å². The average Bonchev–Trinajstić information content (AvgIpc) is 3.66. The summed E-state index contributed by atoms with van der Waals surface area (Å²) in [6, 6.07) is 12.8. The molecular formula is C29H33Cl2N5O6. The van der Waals surface area contributed by atoms with Gasteiger partial charge in [0.05, 0.1) is 31.1 Å². The highest BCUT2D eigenvalue weighted by Crippen LogP contribution is 2.40. The van der Waals surface area contributed by atoms with Crippen molar-refractivity contribution in [2.24, 2.45) is 0 Å². The Balaban J connectivity index is 1.13. The van der Waals surface area contributed by atoms with E-state index < -0.39 is 11.8 Å². The number of ether oxygens (including phenoxy) is 4. The summed E-state index contributed by atoms with van der Waals surface area (Å²) in [5.74, 6) is -0.854. The maximum atomic E-state index is 12.3. The maximum Gasteiger partial charge on any atom is 0.325 e. The Kier molecular flexibility index (Phi) is 9.73. The number of anilines is 1. The molecule has 2 aliphatic heterocycles. The molecule has 0 saturated carbocycles. The molecule has 0 radical (unpaired) electrons. The van der Waals surface area contributed by atoms with Crippen LogP contribution in [0.3, 0.4) is 0 Å². The number of rotatable bonds is 10. The zero-order valence-corrected chi connectivity index (χ0v) is 24.7. The zero-order chi connectivity index (χ0) is 29.5. The molecule has 1 N–H and O–H groups in total. The molecule has 42 heavy (non-hydrogen) atoms. The third-order valence-electron chi connectivity index (χ3n) is 7.04. The first-order chi connectivity index (χ1) is 20.3. The van der Waals surface area contributed by atoms with Crippen molar-refractivity contribution in [1.82, 2.24) is 19.8 Å². The molecule has 2 aliphatic rings. The number of urea groups is 1. The Bertz CT molecular complexity index is 1350. The van der Waals surface area contributed by atoms with Gasteiger partial charge in [-0.15, -0.1) is 0 Å². The molecule has 0 spiro atoms. The van der Waals surface area contributed by atoms with E-state index in [4.69, 9.17) is 42.1 Å². The van der Waals surface area contributed by atoms with E-state index >= 15 is 0 Å². The van der Waals surface area contributed by atoms with Crippen LogP contribution in [-0.2, 0) is 31.3 Å². The number of benzene rings is 2. The number of amides is 2. The largest absolute Gasteiger partial charge is 0.491 e. The smallest absolute Gasteiger partial charge is 0.325 e. The molecule has 2 fully saturated rings. The normalized spacial score (nSPS) is 20.4. The Labute approximate surface area is 254 Å². The summed E-state index contributed by atoms with van der Waals surface area (Å²) in [6.45, 7) is 5.29. The molecule has 1 aromatic heterocycles. The lowest BCUT2D eigenvalue weighted by Gasteiger charge is -2.36. The molecular weight excluding hydrogens is 585 g/mol. The fraction of sp³-hybridized carbons (Fsp3) is 0.414. The van der Waals surface area contributed by atoms with Crippen LogP contribution in [0.5, 0.6) is 5.75 Å². The van der Waals surface area contributed by atoms with Crippen LogP contribution < -0.4 is 15.0 Å². The lowest BCUT2D eigenvalue weighted by molar-refractivity contribution is -0.189. The summed E-state index contributed by atoms with van der Waals surface area (Å²) >= 11 is 12.7. The van der Waals surface area contributed by atoms with Gasteiger partial charge in [-0.3, -0.25) is 4.79 Å². The first-order valence-electron chi connectivity index (χ1n) is 13.7. The standard InChI is InChI=1S/C29H33Cl2N5O6/c1-2-39-27(37)16-33-28(38)36-13-11-35(12-14-36)22-4-6-23(7-5-22)40-17-24-18-41-29(42-24,19-34-10-9-32-20-34)25-8-3-21(30)15-26(25)31/h3-10,15,20,24H,2,11-14,16-19H2,1H3,(H,33,38)/t24-,29-/m1/s1. The third-order valence-corrected chi connectivity index (χ3v) is 7.59. The van der Waals surface area contributed by atoms with Crippen molar-refractivity contribution in [3.63, 3.8) is 0 Å². The van der Waals surface area contributed by atoms with Gasteiger partial charge in [0.25, 0.3) is 0 Å². The molecule has 5 rings (SSSR count). The number of nitrogens with zero attached hydrogens (tertiary/aromatic N) is 4. The minimum absolute atomic E-state index is 0.132. The van der Waals surface area contributed by atoms with Crippen molar-refractivity contribution in [3.05, 3.63) is 76.8 Å². The predicted octanol–water partition coefficient (Wildman–Crippen LogP) is 3.93. The number of imidazole rings is 1. The summed E-state index contributed by atoms with van der Waals surface area (Å²) in [7, 11) is 0. The number of nitrogens with one attached hydrogen (secondary N) is 1. The van der Waals surface area contributed by atoms with E-state index in [0.717, 1.165) is 5.69 Å². The van der Waals surface area contributed by atoms with E-state index in [9.17, 15) is 9.59 Å². The summed E-state index contributed by atoms with van der Waals surface area (Å²) in [4.78, 5) is 31.9. The lowest BCUT2D eigenvalue weighted by Crippen LogP contribution is -2.52. The Morgan fingerprint density at radius 3 is 2.60 bits per heavy atom. The quantitative estimate of drug-likeness (QED) is 0.341. The van der Waals surface area contributed by atoms with Crippen molar-refractivity contribution >= 4 is 40.9 Å². The fourth-order valence-electron chi connectivity index (χ4n) is 4.96. The van der Waals surface area contributed by atoms with Gasteiger partial charge in [-0.2, -0.15) is 0 Å². The number of carbonyl (C=O) groups is 2. The molecule has 3 aromatic rings.